The fourth-order valence-corrected chi connectivity index (χ4v) is 3.56. The molecule has 142 valence electrons. The smallest absolute Gasteiger partial charge is 0.332 e. The molecule has 0 bridgehead atoms. The molecule has 2 aromatic heterocycles. The number of anilines is 1. The molecule has 0 unspecified atom stereocenters. The van der Waals surface area contributed by atoms with Crippen LogP contribution in [0.1, 0.15) is 45.6 Å². The third kappa shape index (κ3) is 3.48. The van der Waals surface area contributed by atoms with Crippen LogP contribution in [0, 0.1) is 0 Å². The third-order valence-corrected chi connectivity index (χ3v) is 5.19. The van der Waals surface area contributed by atoms with Gasteiger partial charge in [0.15, 0.2) is 11.2 Å². The lowest BCUT2D eigenvalue weighted by atomic mass is 10.2. The Morgan fingerprint density at radius 2 is 1.85 bits per heavy atom. The zero-order valence-corrected chi connectivity index (χ0v) is 15.7. The molecule has 0 atom stereocenters. The van der Waals surface area contributed by atoms with Gasteiger partial charge in [-0.15, -0.1) is 10.2 Å². The van der Waals surface area contributed by atoms with Gasteiger partial charge >= 0.3 is 5.69 Å². The van der Waals surface area contributed by atoms with Crippen molar-refractivity contribution in [3.63, 3.8) is 0 Å². The van der Waals surface area contributed by atoms with Crippen LogP contribution in [-0.4, -0.2) is 55.4 Å². The van der Waals surface area contributed by atoms with Gasteiger partial charge in [0.05, 0.1) is 0 Å². The first-order valence-corrected chi connectivity index (χ1v) is 9.39. The van der Waals surface area contributed by atoms with Gasteiger partial charge in [0.25, 0.3) is 5.56 Å². The van der Waals surface area contributed by atoms with E-state index in [-0.39, 0.29) is 17.2 Å². The SMILES string of the molecule is CCN(CC)CCNc1nnc2c(n1)c(=O)n(C)c(=O)n2C1CCCC1. The maximum absolute atomic E-state index is 12.6. The van der Waals surface area contributed by atoms with Crippen LogP contribution in [0.5, 0.6) is 0 Å². The van der Waals surface area contributed by atoms with Crippen LogP contribution >= 0.6 is 0 Å². The Morgan fingerprint density at radius 1 is 1.15 bits per heavy atom. The number of nitrogens with zero attached hydrogens (tertiary/aromatic N) is 6. The predicted molar refractivity (Wildman–Crippen MR) is 101 cm³/mol. The summed E-state index contributed by atoms with van der Waals surface area (Å²) in [6.45, 7) is 7.70. The fourth-order valence-electron chi connectivity index (χ4n) is 3.56. The molecule has 0 saturated heterocycles. The van der Waals surface area contributed by atoms with Gasteiger partial charge in [0.1, 0.15) is 0 Å². The monoisotopic (exact) mass is 361 g/mol. The second kappa shape index (κ2) is 7.94. The average molecular weight is 361 g/mol. The van der Waals surface area contributed by atoms with Gasteiger partial charge in [-0.3, -0.25) is 13.9 Å². The maximum Gasteiger partial charge on any atom is 0.332 e. The predicted octanol–water partition coefficient (Wildman–Crippen LogP) is 0.754. The molecule has 2 aromatic rings. The van der Waals surface area contributed by atoms with Gasteiger partial charge < -0.3 is 10.2 Å². The molecule has 1 aliphatic carbocycles. The van der Waals surface area contributed by atoms with E-state index in [4.69, 9.17) is 0 Å². The molecular formula is C17H27N7O2. The fraction of sp³-hybridized carbons (Fsp3) is 0.706. The molecule has 26 heavy (non-hydrogen) atoms. The van der Waals surface area contributed by atoms with E-state index in [1.807, 2.05) is 0 Å². The first-order valence-electron chi connectivity index (χ1n) is 9.39. The van der Waals surface area contributed by atoms with E-state index >= 15 is 0 Å². The number of hydrogen-bond acceptors (Lipinski definition) is 7. The Hall–Kier alpha value is -2.29. The summed E-state index contributed by atoms with van der Waals surface area (Å²) in [5, 5.41) is 11.4. The highest BCUT2D eigenvalue weighted by molar-refractivity contribution is 5.69. The lowest BCUT2D eigenvalue weighted by Gasteiger charge is -2.18. The summed E-state index contributed by atoms with van der Waals surface area (Å²) in [7, 11) is 1.49. The lowest BCUT2D eigenvalue weighted by molar-refractivity contribution is 0.316. The largest absolute Gasteiger partial charge is 0.352 e. The van der Waals surface area contributed by atoms with E-state index in [9.17, 15) is 9.59 Å². The summed E-state index contributed by atoms with van der Waals surface area (Å²) >= 11 is 0. The molecule has 2 heterocycles. The maximum atomic E-state index is 12.6. The Labute approximate surface area is 152 Å². The minimum absolute atomic E-state index is 0.0642. The number of aromatic nitrogens is 5. The second-order valence-corrected chi connectivity index (χ2v) is 6.72. The number of hydrogen-bond donors (Lipinski definition) is 1. The number of fused-ring (bicyclic) bond motifs is 1. The summed E-state index contributed by atoms with van der Waals surface area (Å²) in [5.74, 6) is 0.318. The molecular weight excluding hydrogens is 334 g/mol. The van der Waals surface area contributed by atoms with E-state index in [0.717, 1.165) is 49.9 Å². The number of rotatable bonds is 7. The molecule has 9 heteroatoms. The number of nitrogens with one attached hydrogen (secondary N) is 1. The van der Waals surface area contributed by atoms with Gasteiger partial charge in [-0.1, -0.05) is 26.7 Å². The zero-order valence-electron chi connectivity index (χ0n) is 15.7. The molecule has 1 aliphatic rings. The second-order valence-electron chi connectivity index (χ2n) is 6.72. The highest BCUT2D eigenvalue weighted by atomic mass is 16.2. The first kappa shape index (κ1) is 18.5. The van der Waals surface area contributed by atoms with Crippen molar-refractivity contribution >= 4 is 17.1 Å². The lowest BCUT2D eigenvalue weighted by Crippen LogP contribution is -2.40. The highest BCUT2D eigenvalue weighted by Gasteiger charge is 2.24. The van der Waals surface area contributed by atoms with Gasteiger partial charge in [-0.2, -0.15) is 0 Å². The van der Waals surface area contributed by atoms with Crippen molar-refractivity contribution in [2.45, 2.75) is 45.6 Å². The minimum atomic E-state index is -0.430. The molecule has 0 amide bonds. The molecule has 0 spiro atoms. The van der Waals surface area contributed by atoms with E-state index in [0.29, 0.717) is 18.1 Å². The van der Waals surface area contributed by atoms with Crippen molar-refractivity contribution in [1.29, 1.82) is 0 Å². The average Bonchev–Trinajstić information content (AvgIpc) is 3.18. The number of likely N-dealkylation sites (N-methyl/N-ethyl adjacent to an activating group) is 1. The summed E-state index contributed by atoms with van der Waals surface area (Å²) in [5.41, 5.74) is -0.285. The Balaban J connectivity index is 1.94. The van der Waals surface area contributed by atoms with Gasteiger partial charge in [0.2, 0.25) is 5.95 Å². The van der Waals surface area contributed by atoms with E-state index in [1.165, 1.54) is 7.05 Å². The minimum Gasteiger partial charge on any atom is -0.352 e. The zero-order chi connectivity index (χ0) is 18.7. The molecule has 1 saturated carbocycles. The van der Waals surface area contributed by atoms with E-state index in [1.54, 1.807) is 4.57 Å². The molecule has 1 fully saturated rings. The van der Waals surface area contributed by atoms with Crippen LogP contribution < -0.4 is 16.6 Å². The topological polar surface area (TPSA) is 97.9 Å². The highest BCUT2D eigenvalue weighted by Crippen LogP contribution is 2.29. The van der Waals surface area contributed by atoms with Crippen LogP contribution in [0.15, 0.2) is 9.59 Å². The summed E-state index contributed by atoms with van der Waals surface area (Å²) < 4.78 is 2.72. The summed E-state index contributed by atoms with van der Waals surface area (Å²) in [6, 6.07) is 0.0642. The van der Waals surface area contributed by atoms with Crippen molar-refractivity contribution in [3.05, 3.63) is 20.8 Å². The Kier molecular flexibility index (Phi) is 5.65. The third-order valence-electron chi connectivity index (χ3n) is 5.19. The van der Waals surface area contributed by atoms with Crippen molar-refractivity contribution < 1.29 is 0 Å². The molecule has 0 radical (unpaired) electrons. The van der Waals surface area contributed by atoms with Gasteiger partial charge in [-0.25, -0.2) is 9.78 Å². The van der Waals surface area contributed by atoms with Crippen LogP contribution in [-0.2, 0) is 7.05 Å². The normalized spacial score (nSPS) is 15.2. The van der Waals surface area contributed by atoms with Gasteiger partial charge in [-0.05, 0) is 25.9 Å². The molecule has 1 N–H and O–H groups in total. The van der Waals surface area contributed by atoms with Crippen molar-refractivity contribution in [3.8, 4) is 0 Å². The molecule has 3 rings (SSSR count). The Bertz CT molecular complexity index is 879. The quantitative estimate of drug-likeness (QED) is 0.777. The molecule has 0 aromatic carbocycles. The first-order chi connectivity index (χ1) is 12.6. The van der Waals surface area contributed by atoms with Crippen LogP contribution in [0.25, 0.3) is 11.2 Å². The Morgan fingerprint density at radius 3 is 2.50 bits per heavy atom. The standard InChI is InChI=1S/C17H27N7O2/c1-4-23(5-2)11-10-18-16-19-13-14(20-21-16)24(12-8-6-7-9-12)17(26)22(3)15(13)25/h12H,4-11H2,1-3H3,(H,18,19,21). The molecule has 0 aliphatic heterocycles. The van der Waals surface area contributed by atoms with E-state index < -0.39 is 5.56 Å². The van der Waals surface area contributed by atoms with Crippen LogP contribution in [0.3, 0.4) is 0 Å². The van der Waals surface area contributed by atoms with Crippen molar-refractivity contribution in [2.24, 2.45) is 7.05 Å². The summed E-state index contributed by atoms with van der Waals surface area (Å²) in [4.78, 5) is 31.8. The van der Waals surface area contributed by atoms with Crippen LogP contribution in [0.4, 0.5) is 5.95 Å². The summed E-state index contributed by atoms with van der Waals surface area (Å²) in [6.07, 6.45) is 3.98. The van der Waals surface area contributed by atoms with Crippen molar-refractivity contribution in [2.75, 3.05) is 31.5 Å². The van der Waals surface area contributed by atoms with Crippen molar-refractivity contribution in [1.82, 2.24) is 29.2 Å². The van der Waals surface area contributed by atoms with Crippen LogP contribution in [0.2, 0.25) is 0 Å². The molecule has 9 nitrogen and oxygen atoms in total. The van der Waals surface area contributed by atoms with Gasteiger partial charge in [0, 0.05) is 26.2 Å². The van der Waals surface area contributed by atoms with E-state index in [2.05, 4.69) is 39.2 Å².